The van der Waals surface area contributed by atoms with Gasteiger partial charge in [0.2, 0.25) is 0 Å². The molecule has 1 saturated heterocycles. The van der Waals surface area contributed by atoms with E-state index in [4.69, 9.17) is 19.4 Å². The van der Waals surface area contributed by atoms with Crippen LogP contribution in [0.4, 0.5) is 13.2 Å². The van der Waals surface area contributed by atoms with Crippen LogP contribution in [0.15, 0.2) is 35.5 Å². The number of carboxylic acids is 1. The van der Waals surface area contributed by atoms with E-state index in [2.05, 4.69) is 11.5 Å². The van der Waals surface area contributed by atoms with Crippen LogP contribution in [-0.4, -0.2) is 111 Å². The number of esters is 2. The number of likely N-dealkylation sites (tertiary alicyclic amines) is 1. The summed E-state index contributed by atoms with van der Waals surface area (Å²) in [5, 5.41) is 52.7. The van der Waals surface area contributed by atoms with Crippen molar-refractivity contribution in [3.63, 3.8) is 0 Å². The number of carbonyl (C=O) groups is 3. The van der Waals surface area contributed by atoms with Gasteiger partial charge in [0, 0.05) is 46.4 Å². The predicted octanol–water partition coefficient (Wildman–Crippen LogP) is 2.13. The minimum absolute atomic E-state index is 0.110. The van der Waals surface area contributed by atoms with Crippen LogP contribution in [0.1, 0.15) is 53.4 Å². The third-order valence-electron chi connectivity index (χ3n) is 12.3. The highest BCUT2D eigenvalue weighted by Gasteiger charge is 2.90. The van der Waals surface area contributed by atoms with Gasteiger partial charge in [-0.3, -0.25) is 0 Å². The lowest BCUT2D eigenvalue weighted by molar-refractivity contribution is -0.342. The zero-order valence-corrected chi connectivity index (χ0v) is 27.1. The Hall–Kier alpha value is -2.78. The first-order valence-electron chi connectivity index (χ1n) is 15.8. The van der Waals surface area contributed by atoms with Crippen molar-refractivity contribution < 1.29 is 62.6 Å². The highest BCUT2D eigenvalue weighted by atomic mass is 19.4. The molecule has 6 aliphatic rings. The molecule has 1 heterocycles. The Morgan fingerprint density at radius 1 is 1.06 bits per heavy atom. The molecular formula is C33H44F3NO10. The molecule has 1 aliphatic heterocycles. The van der Waals surface area contributed by atoms with Crippen molar-refractivity contribution in [3.8, 4) is 0 Å². The van der Waals surface area contributed by atoms with E-state index in [1.807, 2.05) is 14.0 Å². The summed E-state index contributed by atoms with van der Waals surface area (Å²) in [6.45, 7) is 11.6. The SMILES string of the molecule is C=C1C[C@]23C[C@H](O)[C@]4(O)[C@@]5(C)C[C@H](O)C[C@]46C([C@H]2[C@H]1[C@@H](OC(=O)/C(C)=C/C)[C@@H](OC(=O)/C(C)=C/CO)[C@H]36)N(C)C5.O=C(O)C(F)(F)F. The first kappa shape index (κ1) is 35.5. The van der Waals surface area contributed by atoms with Gasteiger partial charge in [-0.25, -0.2) is 14.4 Å². The van der Waals surface area contributed by atoms with Crippen molar-refractivity contribution in [2.45, 2.75) is 95.6 Å². The molecule has 6 rings (SSSR count). The molecule has 6 bridgehead atoms. The van der Waals surface area contributed by atoms with Gasteiger partial charge in [-0.2, -0.15) is 13.2 Å². The summed E-state index contributed by atoms with van der Waals surface area (Å²) in [5.74, 6) is -4.85. The van der Waals surface area contributed by atoms with E-state index >= 15 is 0 Å². The molecule has 6 fully saturated rings. The van der Waals surface area contributed by atoms with Crippen LogP contribution >= 0.6 is 0 Å². The van der Waals surface area contributed by atoms with E-state index in [0.717, 1.165) is 5.57 Å². The number of hydrogen-bond acceptors (Lipinski definition) is 10. The molecule has 262 valence electrons. The van der Waals surface area contributed by atoms with Gasteiger partial charge >= 0.3 is 24.1 Å². The molecule has 12 atom stereocenters. The maximum absolute atomic E-state index is 13.4. The zero-order valence-electron chi connectivity index (χ0n) is 27.1. The molecular weight excluding hydrogens is 627 g/mol. The third-order valence-corrected chi connectivity index (χ3v) is 12.3. The fourth-order valence-electron chi connectivity index (χ4n) is 11.2. The number of allylic oxidation sites excluding steroid dienone is 1. The van der Waals surface area contributed by atoms with Crippen molar-refractivity contribution in [1.29, 1.82) is 0 Å². The Bertz CT molecular complexity index is 1430. The number of aliphatic hydroxyl groups excluding tert-OH is 3. The quantitative estimate of drug-likeness (QED) is 0.165. The number of aliphatic hydroxyl groups is 4. The van der Waals surface area contributed by atoms with E-state index in [9.17, 15) is 43.2 Å². The number of piperidine rings is 1. The van der Waals surface area contributed by atoms with E-state index < -0.39 is 76.3 Å². The second kappa shape index (κ2) is 11.4. The summed E-state index contributed by atoms with van der Waals surface area (Å²) in [5.41, 5.74) is -2.34. The van der Waals surface area contributed by atoms with Crippen LogP contribution in [0.5, 0.6) is 0 Å². The first-order valence-corrected chi connectivity index (χ1v) is 15.8. The molecule has 5 N–H and O–H groups in total. The first-order chi connectivity index (χ1) is 21.7. The molecule has 0 aromatic heterocycles. The Morgan fingerprint density at radius 3 is 2.19 bits per heavy atom. The lowest BCUT2D eigenvalue weighted by atomic mass is 9.38. The van der Waals surface area contributed by atoms with Gasteiger partial charge in [-0.15, -0.1) is 0 Å². The van der Waals surface area contributed by atoms with Gasteiger partial charge in [-0.1, -0.05) is 25.2 Å². The standard InChI is InChI=1S/C31H43NO8.C2HF3O2/c1-7-15(2)26(36)39-22-20-17(4)10-29-13-19(35)31(38)28(5)11-18(34)12-30(31,25(21(20)29)32(6)14-28)24(29)23(22)40-27(37)16(3)8-9-33;3-2(4,5)1(6)7/h7-8,18-25,33-35,38H,4,9-14H2,1-3,5-6H3;(H,6,7)/b15-7+,16-8+;/t18-,19-,20-,21+,22+,23+,24+,25?,28-,29-,30-,31-;/m0./s1. The van der Waals surface area contributed by atoms with Gasteiger partial charge < -0.3 is 39.9 Å². The maximum atomic E-state index is 13.4. The van der Waals surface area contributed by atoms with E-state index in [0.29, 0.717) is 31.4 Å². The number of nitrogens with zero attached hydrogens (tertiary/aromatic N) is 1. The zero-order chi connectivity index (χ0) is 35.2. The molecule has 5 saturated carbocycles. The van der Waals surface area contributed by atoms with Crippen LogP contribution in [0, 0.1) is 34.0 Å². The van der Waals surface area contributed by atoms with Crippen molar-refractivity contribution in [1.82, 2.24) is 4.90 Å². The second-order valence-electron chi connectivity index (χ2n) is 14.7. The molecule has 1 unspecified atom stereocenters. The third kappa shape index (κ3) is 4.68. The number of ether oxygens (including phenoxy) is 2. The Morgan fingerprint density at radius 2 is 1.64 bits per heavy atom. The van der Waals surface area contributed by atoms with Crippen LogP contribution in [0.3, 0.4) is 0 Å². The Kier molecular flexibility index (Phi) is 8.61. The molecule has 14 heteroatoms. The topological polar surface area (TPSA) is 174 Å². The van der Waals surface area contributed by atoms with Crippen LogP contribution in [-0.2, 0) is 23.9 Å². The normalized spacial score (nSPS) is 45.1. The average molecular weight is 672 g/mol. The summed E-state index contributed by atoms with van der Waals surface area (Å²) >= 11 is 0. The summed E-state index contributed by atoms with van der Waals surface area (Å²) in [6.07, 6.45) is -4.05. The van der Waals surface area contributed by atoms with Crippen molar-refractivity contribution in [3.05, 3.63) is 35.5 Å². The molecule has 0 aromatic rings. The van der Waals surface area contributed by atoms with Gasteiger partial charge in [0.05, 0.1) is 18.8 Å². The molecule has 0 radical (unpaired) electrons. The minimum atomic E-state index is -5.08. The monoisotopic (exact) mass is 671 g/mol. The summed E-state index contributed by atoms with van der Waals surface area (Å²) in [6, 6.07) is -0.242. The lowest BCUT2D eigenvalue weighted by Gasteiger charge is -2.72. The summed E-state index contributed by atoms with van der Waals surface area (Å²) in [7, 11) is 2.05. The van der Waals surface area contributed by atoms with Gasteiger partial charge in [0.1, 0.15) is 17.8 Å². The largest absolute Gasteiger partial charge is 0.490 e. The van der Waals surface area contributed by atoms with Crippen LogP contribution in [0.25, 0.3) is 0 Å². The van der Waals surface area contributed by atoms with Gasteiger partial charge in [0.15, 0.2) is 0 Å². The number of carbonyl (C=O) groups excluding carboxylic acids is 2. The minimum Gasteiger partial charge on any atom is -0.475 e. The average Bonchev–Trinajstić information content (AvgIpc) is 3.23. The molecule has 2 spiro atoms. The van der Waals surface area contributed by atoms with Gasteiger partial charge in [0.25, 0.3) is 0 Å². The van der Waals surface area contributed by atoms with Crippen molar-refractivity contribution in [2.24, 2.45) is 34.0 Å². The second-order valence-corrected chi connectivity index (χ2v) is 14.7. The fraction of sp³-hybridized carbons (Fsp3) is 0.727. The number of hydrogen-bond donors (Lipinski definition) is 5. The highest BCUT2D eigenvalue weighted by Crippen LogP contribution is 2.84. The molecule has 11 nitrogen and oxygen atoms in total. The van der Waals surface area contributed by atoms with Crippen molar-refractivity contribution in [2.75, 3.05) is 20.2 Å². The van der Waals surface area contributed by atoms with Crippen LogP contribution < -0.4 is 0 Å². The number of aliphatic carboxylic acids is 1. The van der Waals surface area contributed by atoms with Crippen LogP contribution in [0.2, 0.25) is 0 Å². The van der Waals surface area contributed by atoms with Gasteiger partial charge in [-0.05, 0) is 70.9 Å². The smallest absolute Gasteiger partial charge is 0.475 e. The Balaban J connectivity index is 0.000000559. The summed E-state index contributed by atoms with van der Waals surface area (Å²) in [4.78, 5) is 37.9. The highest BCUT2D eigenvalue weighted by molar-refractivity contribution is 5.89. The number of halogens is 3. The molecule has 47 heavy (non-hydrogen) atoms. The molecule has 0 amide bonds. The van der Waals surface area contributed by atoms with E-state index in [1.54, 1.807) is 26.8 Å². The van der Waals surface area contributed by atoms with Crippen molar-refractivity contribution >= 4 is 17.9 Å². The Labute approximate surface area is 270 Å². The summed E-state index contributed by atoms with van der Waals surface area (Å²) < 4.78 is 44.3. The van der Waals surface area contributed by atoms with E-state index in [-0.39, 0.29) is 36.5 Å². The van der Waals surface area contributed by atoms with E-state index in [1.165, 1.54) is 6.08 Å². The predicted molar refractivity (Wildman–Crippen MR) is 158 cm³/mol. The molecule has 0 aromatic carbocycles. The molecule has 5 aliphatic carbocycles. The number of alkyl halides is 3. The lowest BCUT2D eigenvalue weighted by Crippen LogP contribution is -2.82. The number of rotatable bonds is 5. The fourth-order valence-corrected chi connectivity index (χ4v) is 11.2. The number of carboxylic acid groups (broad SMARTS) is 1. The maximum Gasteiger partial charge on any atom is 0.490 e.